The number of hydrogen-bond acceptors (Lipinski definition) is 4. The van der Waals surface area contributed by atoms with E-state index in [-0.39, 0.29) is 25.5 Å². The number of aliphatic hydroxyl groups is 1. The zero-order valence-electron chi connectivity index (χ0n) is 9.81. The van der Waals surface area contributed by atoms with E-state index in [0.29, 0.717) is 5.69 Å². The molecule has 0 saturated heterocycles. The zero-order valence-corrected chi connectivity index (χ0v) is 9.81. The summed E-state index contributed by atoms with van der Waals surface area (Å²) < 4.78 is 24.7. The topological polar surface area (TPSA) is 86.2 Å². The average molecular weight is 258 g/mol. The highest BCUT2D eigenvalue weighted by atomic mass is 19.3. The van der Waals surface area contributed by atoms with Gasteiger partial charge in [0.25, 0.3) is 6.43 Å². The zero-order chi connectivity index (χ0) is 13.5. The maximum atomic E-state index is 12.3. The van der Waals surface area contributed by atoms with Crippen molar-refractivity contribution in [1.82, 2.24) is 9.88 Å². The Labute approximate surface area is 104 Å². The van der Waals surface area contributed by atoms with Crippen LogP contribution >= 0.6 is 0 Å². The van der Waals surface area contributed by atoms with Gasteiger partial charge in [0.2, 0.25) is 0 Å². The van der Waals surface area contributed by atoms with Gasteiger partial charge in [-0.3, -0.25) is 15.3 Å². The van der Waals surface area contributed by atoms with Gasteiger partial charge in [0, 0.05) is 19.3 Å². The van der Waals surface area contributed by atoms with E-state index < -0.39 is 13.0 Å². The number of nitrogen functional groups attached to an aromatic ring is 1. The lowest BCUT2D eigenvalue weighted by molar-refractivity contribution is 0.0746. The predicted octanol–water partition coefficient (Wildman–Crippen LogP) is 0.425. The van der Waals surface area contributed by atoms with Crippen LogP contribution < -0.4 is 5.73 Å². The minimum Gasteiger partial charge on any atom is -0.395 e. The Balaban J connectivity index is 2.73. The standard InChI is InChI=1S/C11H16F2N4O/c12-10(13)7-17(3-4-18)6-8-1-2-16-9(5-8)11(14)15/h1-2,5,10,18H,3-4,6-7H2,(H3,14,15). The van der Waals surface area contributed by atoms with E-state index in [9.17, 15) is 8.78 Å². The summed E-state index contributed by atoms with van der Waals surface area (Å²) in [5, 5.41) is 16.1. The van der Waals surface area contributed by atoms with Crippen LogP contribution in [0.1, 0.15) is 11.3 Å². The van der Waals surface area contributed by atoms with Crippen molar-refractivity contribution in [2.45, 2.75) is 13.0 Å². The molecule has 0 atom stereocenters. The summed E-state index contributed by atoms with van der Waals surface area (Å²) in [5.74, 6) is -0.167. The summed E-state index contributed by atoms with van der Waals surface area (Å²) in [5.41, 5.74) is 6.34. The molecule has 5 nitrogen and oxygen atoms in total. The number of halogens is 2. The first-order valence-corrected chi connectivity index (χ1v) is 5.43. The summed E-state index contributed by atoms with van der Waals surface area (Å²) in [6.45, 7) is -0.161. The largest absolute Gasteiger partial charge is 0.395 e. The van der Waals surface area contributed by atoms with Gasteiger partial charge in [-0.1, -0.05) is 0 Å². The van der Waals surface area contributed by atoms with Crippen molar-refractivity contribution in [1.29, 1.82) is 5.41 Å². The Hall–Kier alpha value is -1.60. The number of nitrogens with one attached hydrogen (secondary N) is 1. The SMILES string of the molecule is N=C(N)c1cc(CN(CCO)CC(F)F)ccn1. The fourth-order valence-electron chi connectivity index (χ4n) is 1.55. The Bertz CT molecular complexity index is 400. The Morgan fingerprint density at radius 2 is 2.28 bits per heavy atom. The monoisotopic (exact) mass is 258 g/mol. The molecular formula is C11H16F2N4O. The second-order valence-electron chi connectivity index (χ2n) is 3.81. The molecule has 100 valence electrons. The lowest BCUT2D eigenvalue weighted by atomic mass is 10.2. The molecule has 18 heavy (non-hydrogen) atoms. The van der Waals surface area contributed by atoms with Crippen LogP contribution in [-0.4, -0.2) is 46.9 Å². The highest BCUT2D eigenvalue weighted by molar-refractivity contribution is 5.93. The Kier molecular flexibility index (Phi) is 5.60. The van der Waals surface area contributed by atoms with E-state index >= 15 is 0 Å². The van der Waals surface area contributed by atoms with Crippen molar-refractivity contribution in [3.05, 3.63) is 29.6 Å². The number of hydrogen-bond donors (Lipinski definition) is 3. The molecule has 0 amide bonds. The van der Waals surface area contributed by atoms with Crippen LogP contribution in [0.3, 0.4) is 0 Å². The fourth-order valence-corrected chi connectivity index (χ4v) is 1.55. The lowest BCUT2D eigenvalue weighted by Crippen LogP contribution is -2.31. The van der Waals surface area contributed by atoms with Crippen molar-refractivity contribution in [2.24, 2.45) is 5.73 Å². The maximum absolute atomic E-state index is 12.3. The molecular weight excluding hydrogens is 242 g/mol. The van der Waals surface area contributed by atoms with Crippen molar-refractivity contribution >= 4 is 5.84 Å². The number of nitrogens with two attached hydrogens (primary N) is 1. The summed E-state index contributed by atoms with van der Waals surface area (Å²) in [4.78, 5) is 5.32. The molecule has 4 N–H and O–H groups in total. The van der Waals surface area contributed by atoms with E-state index in [1.165, 1.54) is 11.1 Å². The fraction of sp³-hybridized carbons (Fsp3) is 0.455. The van der Waals surface area contributed by atoms with Gasteiger partial charge in [-0.15, -0.1) is 0 Å². The van der Waals surface area contributed by atoms with Crippen LogP contribution in [0.15, 0.2) is 18.3 Å². The van der Waals surface area contributed by atoms with Gasteiger partial charge in [0.05, 0.1) is 13.2 Å². The molecule has 0 unspecified atom stereocenters. The van der Waals surface area contributed by atoms with Crippen LogP contribution in [0.25, 0.3) is 0 Å². The van der Waals surface area contributed by atoms with Gasteiger partial charge in [0.15, 0.2) is 0 Å². The van der Waals surface area contributed by atoms with E-state index in [1.54, 1.807) is 12.1 Å². The van der Waals surface area contributed by atoms with Gasteiger partial charge in [0.1, 0.15) is 11.5 Å². The second-order valence-corrected chi connectivity index (χ2v) is 3.81. The third-order valence-corrected chi connectivity index (χ3v) is 2.32. The molecule has 7 heteroatoms. The molecule has 0 bridgehead atoms. The van der Waals surface area contributed by atoms with Gasteiger partial charge < -0.3 is 10.8 Å². The van der Waals surface area contributed by atoms with Gasteiger partial charge in [-0.05, 0) is 17.7 Å². The minimum absolute atomic E-state index is 0.167. The first kappa shape index (κ1) is 14.5. The van der Waals surface area contributed by atoms with Gasteiger partial charge >= 0.3 is 0 Å². The molecule has 1 rings (SSSR count). The van der Waals surface area contributed by atoms with Gasteiger partial charge in [-0.2, -0.15) is 0 Å². The lowest BCUT2D eigenvalue weighted by Gasteiger charge is -2.20. The molecule has 0 aromatic carbocycles. The van der Waals surface area contributed by atoms with Crippen LogP contribution in [-0.2, 0) is 6.54 Å². The molecule has 1 heterocycles. The van der Waals surface area contributed by atoms with Crippen LogP contribution in [0, 0.1) is 5.41 Å². The van der Waals surface area contributed by atoms with Gasteiger partial charge in [-0.25, -0.2) is 8.78 Å². The molecule has 0 aliphatic carbocycles. The second kappa shape index (κ2) is 6.97. The van der Waals surface area contributed by atoms with E-state index in [0.717, 1.165) is 5.56 Å². The number of pyridine rings is 1. The Morgan fingerprint density at radius 1 is 1.56 bits per heavy atom. The van der Waals surface area contributed by atoms with Crippen molar-refractivity contribution in [3.8, 4) is 0 Å². The smallest absolute Gasteiger partial charge is 0.251 e. The molecule has 1 aromatic heterocycles. The highest BCUT2D eigenvalue weighted by Gasteiger charge is 2.12. The third-order valence-electron chi connectivity index (χ3n) is 2.32. The van der Waals surface area contributed by atoms with Crippen molar-refractivity contribution in [2.75, 3.05) is 19.7 Å². The number of alkyl halides is 2. The number of aromatic nitrogens is 1. The molecule has 1 aromatic rings. The number of aliphatic hydroxyl groups excluding tert-OH is 1. The minimum atomic E-state index is -2.45. The third kappa shape index (κ3) is 4.72. The van der Waals surface area contributed by atoms with Crippen molar-refractivity contribution < 1.29 is 13.9 Å². The summed E-state index contributed by atoms with van der Waals surface area (Å²) in [6.07, 6.45) is -0.975. The van der Waals surface area contributed by atoms with Crippen LogP contribution in [0.2, 0.25) is 0 Å². The number of rotatable bonds is 7. The highest BCUT2D eigenvalue weighted by Crippen LogP contribution is 2.08. The summed E-state index contributed by atoms with van der Waals surface area (Å²) in [6, 6.07) is 3.25. The molecule has 0 spiro atoms. The quantitative estimate of drug-likeness (QED) is 0.489. The first-order chi connectivity index (χ1) is 8.52. The Morgan fingerprint density at radius 3 is 2.83 bits per heavy atom. The van der Waals surface area contributed by atoms with Crippen LogP contribution in [0.5, 0.6) is 0 Å². The number of amidine groups is 1. The number of nitrogens with zero attached hydrogens (tertiary/aromatic N) is 2. The van der Waals surface area contributed by atoms with Crippen molar-refractivity contribution in [3.63, 3.8) is 0 Å². The average Bonchev–Trinajstić information content (AvgIpc) is 2.28. The molecule has 0 aliphatic heterocycles. The molecule has 0 saturated carbocycles. The summed E-state index contributed by atoms with van der Waals surface area (Å²) in [7, 11) is 0. The molecule has 0 fully saturated rings. The predicted molar refractivity (Wildman–Crippen MR) is 63.6 cm³/mol. The van der Waals surface area contributed by atoms with E-state index in [4.69, 9.17) is 16.2 Å². The maximum Gasteiger partial charge on any atom is 0.251 e. The van der Waals surface area contributed by atoms with E-state index in [1.807, 2.05) is 0 Å². The summed E-state index contributed by atoms with van der Waals surface area (Å²) >= 11 is 0. The van der Waals surface area contributed by atoms with Crippen LogP contribution in [0.4, 0.5) is 8.78 Å². The molecule has 0 aliphatic rings. The molecule has 0 radical (unpaired) electrons. The first-order valence-electron chi connectivity index (χ1n) is 5.43. The normalized spacial score (nSPS) is 11.2. The van der Waals surface area contributed by atoms with E-state index in [2.05, 4.69) is 4.98 Å².